The zero-order valence-corrected chi connectivity index (χ0v) is 9.71. The van der Waals surface area contributed by atoms with E-state index < -0.39 is 0 Å². The SMILES string of the molecule is O=Cc1nnn(-c2ccccc2F)c1C1CCC1. The number of hydrogen-bond acceptors (Lipinski definition) is 3. The van der Waals surface area contributed by atoms with Crippen LogP contribution in [0, 0.1) is 5.82 Å². The monoisotopic (exact) mass is 245 g/mol. The molecule has 0 N–H and O–H groups in total. The summed E-state index contributed by atoms with van der Waals surface area (Å²) in [6.07, 6.45) is 3.83. The molecule has 1 aliphatic rings. The predicted octanol–water partition coefficient (Wildman–Crippen LogP) is 2.49. The highest BCUT2D eigenvalue weighted by Crippen LogP contribution is 2.38. The third kappa shape index (κ3) is 1.63. The summed E-state index contributed by atoms with van der Waals surface area (Å²) in [5.41, 5.74) is 1.41. The molecule has 1 aromatic heterocycles. The van der Waals surface area contributed by atoms with E-state index in [0.717, 1.165) is 25.0 Å². The maximum absolute atomic E-state index is 13.8. The van der Waals surface area contributed by atoms with E-state index in [2.05, 4.69) is 10.3 Å². The second-order valence-electron chi connectivity index (χ2n) is 4.47. The summed E-state index contributed by atoms with van der Waals surface area (Å²) in [5.74, 6) is -0.0970. The van der Waals surface area contributed by atoms with Gasteiger partial charge in [0.15, 0.2) is 6.29 Å². The number of rotatable bonds is 3. The molecule has 0 unspecified atom stereocenters. The second kappa shape index (κ2) is 4.33. The minimum absolute atomic E-state index is 0.264. The molecule has 92 valence electrons. The van der Waals surface area contributed by atoms with Crippen molar-refractivity contribution in [3.05, 3.63) is 41.5 Å². The molecule has 0 saturated heterocycles. The Kier molecular flexibility index (Phi) is 2.66. The van der Waals surface area contributed by atoms with Gasteiger partial charge in [-0.15, -0.1) is 5.10 Å². The minimum atomic E-state index is -0.361. The number of para-hydroxylation sites is 1. The van der Waals surface area contributed by atoms with Crippen LogP contribution in [0.5, 0.6) is 0 Å². The number of halogens is 1. The summed E-state index contributed by atoms with van der Waals surface area (Å²) in [7, 11) is 0. The molecule has 0 spiro atoms. The van der Waals surface area contributed by atoms with Gasteiger partial charge in [-0.3, -0.25) is 4.79 Å². The lowest BCUT2D eigenvalue weighted by Gasteiger charge is -2.26. The van der Waals surface area contributed by atoms with Crippen LogP contribution < -0.4 is 0 Å². The molecule has 1 saturated carbocycles. The van der Waals surface area contributed by atoms with Gasteiger partial charge in [-0.2, -0.15) is 0 Å². The van der Waals surface area contributed by atoms with Crippen molar-refractivity contribution in [3.8, 4) is 5.69 Å². The predicted molar refractivity (Wildman–Crippen MR) is 63.3 cm³/mol. The molecule has 1 aliphatic carbocycles. The number of carbonyl (C=O) groups excluding carboxylic acids is 1. The number of aromatic nitrogens is 3. The van der Waals surface area contributed by atoms with Gasteiger partial charge in [-0.1, -0.05) is 23.8 Å². The smallest absolute Gasteiger partial charge is 0.172 e. The summed E-state index contributed by atoms with van der Waals surface area (Å²) in [6.45, 7) is 0. The highest BCUT2D eigenvalue weighted by Gasteiger charge is 2.28. The first-order valence-corrected chi connectivity index (χ1v) is 5.97. The first kappa shape index (κ1) is 11.1. The van der Waals surface area contributed by atoms with Gasteiger partial charge in [0.25, 0.3) is 0 Å². The van der Waals surface area contributed by atoms with Gasteiger partial charge >= 0.3 is 0 Å². The molecule has 0 atom stereocenters. The third-order valence-electron chi connectivity index (χ3n) is 3.42. The standard InChI is InChI=1S/C13H12FN3O/c14-10-6-1-2-7-12(10)17-13(9-4-3-5-9)11(8-18)15-16-17/h1-2,6-9H,3-5H2. The number of hydrogen-bond donors (Lipinski definition) is 0. The van der Waals surface area contributed by atoms with Crippen molar-refractivity contribution in [1.29, 1.82) is 0 Å². The summed E-state index contributed by atoms with van der Waals surface area (Å²) in [6, 6.07) is 6.38. The van der Waals surface area contributed by atoms with E-state index in [1.165, 1.54) is 10.7 Å². The lowest BCUT2D eigenvalue weighted by molar-refractivity contribution is 0.111. The van der Waals surface area contributed by atoms with Crippen LogP contribution in [0.3, 0.4) is 0 Å². The molecule has 1 aromatic carbocycles. The van der Waals surface area contributed by atoms with Gasteiger partial charge in [0.1, 0.15) is 17.2 Å². The van der Waals surface area contributed by atoms with Crippen LogP contribution in [-0.2, 0) is 0 Å². The van der Waals surface area contributed by atoms with Gasteiger partial charge in [0.2, 0.25) is 0 Å². The molecular formula is C13H12FN3O. The molecule has 0 amide bonds. The van der Waals surface area contributed by atoms with E-state index in [9.17, 15) is 9.18 Å². The Morgan fingerprint density at radius 3 is 2.72 bits per heavy atom. The molecule has 0 bridgehead atoms. The van der Waals surface area contributed by atoms with E-state index in [1.54, 1.807) is 18.2 Å². The highest BCUT2D eigenvalue weighted by molar-refractivity contribution is 5.74. The van der Waals surface area contributed by atoms with Crippen LogP contribution in [0.4, 0.5) is 4.39 Å². The van der Waals surface area contributed by atoms with E-state index in [1.807, 2.05) is 0 Å². The van der Waals surface area contributed by atoms with E-state index in [4.69, 9.17) is 0 Å². The van der Waals surface area contributed by atoms with Crippen molar-refractivity contribution in [1.82, 2.24) is 15.0 Å². The first-order valence-electron chi connectivity index (χ1n) is 5.97. The Labute approximate surface area is 103 Å². The van der Waals surface area contributed by atoms with Crippen molar-refractivity contribution in [2.45, 2.75) is 25.2 Å². The topological polar surface area (TPSA) is 47.8 Å². The minimum Gasteiger partial charge on any atom is -0.296 e. The van der Waals surface area contributed by atoms with E-state index in [-0.39, 0.29) is 11.7 Å². The average Bonchev–Trinajstić information content (AvgIpc) is 2.71. The molecule has 0 radical (unpaired) electrons. The fourth-order valence-electron chi connectivity index (χ4n) is 2.25. The Balaban J connectivity index is 2.14. The first-order chi connectivity index (χ1) is 8.81. The molecule has 5 heteroatoms. The van der Waals surface area contributed by atoms with Crippen LogP contribution in [-0.4, -0.2) is 21.3 Å². The summed E-state index contributed by atoms with van der Waals surface area (Å²) in [5, 5.41) is 7.75. The van der Waals surface area contributed by atoms with Gasteiger partial charge in [-0.25, -0.2) is 9.07 Å². The maximum Gasteiger partial charge on any atom is 0.172 e. The summed E-state index contributed by atoms with van der Waals surface area (Å²) in [4.78, 5) is 11.0. The Hall–Kier alpha value is -2.04. The Bertz CT molecular complexity index is 590. The van der Waals surface area contributed by atoms with E-state index >= 15 is 0 Å². The quantitative estimate of drug-likeness (QED) is 0.780. The zero-order valence-electron chi connectivity index (χ0n) is 9.71. The van der Waals surface area contributed by atoms with Crippen LogP contribution >= 0.6 is 0 Å². The third-order valence-corrected chi connectivity index (χ3v) is 3.42. The normalized spacial score (nSPS) is 15.4. The highest BCUT2D eigenvalue weighted by atomic mass is 19.1. The van der Waals surface area contributed by atoms with Crippen molar-refractivity contribution in [2.24, 2.45) is 0 Å². The van der Waals surface area contributed by atoms with Crippen molar-refractivity contribution in [3.63, 3.8) is 0 Å². The van der Waals surface area contributed by atoms with Crippen LogP contribution in [0.2, 0.25) is 0 Å². The van der Waals surface area contributed by atoms with Gasteiger partial charge in [0, 0.05) is 5.92 Å². The average molecular weight is 245 g/mol. The summed E-state index contributed by atoms with van der Waals surface area (Å²) < 4.78 is 15.2. The van der Waals surface area contributed by atoms with Gasteiger partial charge < -0.3 is 0 Å². The molecule has 0 aliphatic heterocycles. The van der Waals surface area contributed by atoms with Crippen molar-refractivity contribution in [2.75, 3.05) is 0 Å². The lowest BCUT2D eigenvalue weighted by Crippen LogP contribution is -2.16. The van der Waals surface area contributed by atoms with Gasteiger partial charge in [0.05, 0.1) is 5.69 Å². The maximum atomic E-state index is 13.8. The number of carbonyl (C=O) groups is 1. The molecule has 4 nitrogen and oxygen atoms in total. The second-order valence-corrected chi connectivity index (χ2v) is 4.47. The molecule has 1 heterocycles. The van der Waals surface area contributed by atoms with Crippen molar-refractivity contribution < 1.29 is 9.18 Å². The lowest BCUT2D eigenvalue weighted by atomic mass is 9.82. The van der Waals surface area contributed by atoms with Crippen LogP contribution in [0.25, 0.3) is 5.69 Å². The van der Waals surface area contributed by atoms with Crippen molar-refractivity contribution >= 4 is 6.29 Å². The molecule has 18 heavy (non-hydrogen) atoms. The van der Waals surface area contributed by atoms with E-state index in [0.29, 0.717) is 17.7 Å². The molecular weight excluding hydrogens is 233 g/mol. The fraction of sp³-hybridized carbons (Fsp3) is 0.308. The number of benzene rings is 1. The van der Waals surface area contributed by atoms with Crippen LogP contribution in [0.1, 0.15) is 41.4 Å². The summed E-state index contributed by atoms with van der Waals surface area (Å²) >= 11 is 0. The van der Waals surface area contributed by atoms with Gasteiger partial charge in [-0.05, 0) is 25.0 Å². The van der Waals surface area contributed by atoms with Crippen LogP contribution in [0.15, 0.2) is 24.3 Å². The molecule has 1 fully saturated rings. The fourth-order valence-corrected chi connectivity index (χ4v) is 2.25. The molecule has 3 rings (SSSR count). The largest absolute Gasteiger partial charge is 0.296 e. The number of aldehydes is 1. The number of nitrogens with zero attached hydrogens (tertiary/aromatic N) is 3. The Morgan fingerprint density at radius 2 is 2.11 bits per heavy atom. The zero-order chi connectivity index (χ0) is 12.5. The Morgan fingerprint density at radius 1 is 1.33 bits per heavy atom. The molecule has 2 aromatic rings.